The predicted molar refractivity (Wildman–Crippen MR) is 191 cm³/mol. The summed E-state index contributed by atoms with van der Waals surface area (Å²) in [5.74, 6) is 0.0643. The number of nitrogens with zero attached hydrogens (tertiary/aromatic N) is 2. The van der Waals surface area contributed by atoms with Gasteiger partial charge in [0.15, 0.2) is 17.6 Å². The molecule has 5 aliphatic heterocycles. The summed E-state index contributed by atoms with van der Waals surface area (Å²) in [6.45, 7) is 9.40. The first-order chi connectivity index (χ1) is 23.9. The third-order valence-corrected chi connectivity index (χ3v) is 13.0. The van der Waals surface area contributed by atoms with Crippen LogP contribution in [0.25, 0.3) is 0 Å². The van der Waals surface area contributed by atoms with E-state index >= 15 is 0 Å². The molecule has 50 heavy (non-hydrogen) atoms. The molecule has 0 aromatic heterocycles. The van der Waals surface area contributed by atoms with Crippen LogP contribution in [0.4, 0.5) is 4.79 Å². The number of hydrogen-bond donors (Lipinski definition) is 3. The Hall–Kier alpha value is -2.24. The van der Waals surface area contributed by atoms with Crippen molar-refractivity contribution in [2.45, 2.75) is 107 Å². The van der Waals surface area contributed by atoms with Crippen molar-refractivity contribution in [3.63, 3.8) is 0 Å². The van der Waals surface area contributed by atoms with Crippen LogP contribution in [-0.4, -0.2) is 123 Å². The maximum absolute atomic E-state index is 14.2. The second kappa shape index (κ2) is 15.8. The fourth-order valence-corrected chi connectivity index (χ4v) is 9.97. The number of aliphatic imine (C=N–C) groups is 1. The number of aliphatic hydroxyl groups excluding tert-OH is 1. The number of amides is 1. The number of carbonyl (C=O) groups is 1. The van der Waals surface area contributed by atoms with Crippen molar-refractivity contribution in [1.82, 2.24) is 14.9 Å². The van der Waals surface area contributed by atoms with Crippen LogP contribution < -0.4 is 10.6 Å². The monoisotopic (exact) mass is 736 g/mol. The van der Waals surface area contributed by atoms with Crippen LogP contribution >= 0.6 is 11.8 Å². The molecule has 13 nitrogen and oxygen atoms in total. The molecule has 10 atom stereocenters. The Morgan fingerprint density at radius 3 is 2.76 bits per heavy atom. The average molecular weight is 737 g/mol. The van der Waals surface area contributed by atoms with E-state index in [2.05, 4.69) is 17.6 Å². The number of methoxy groups -OCH3 is 1. The summed E-state index contributed by atoms with van der Waals surface area (Å²) in [7, 11) is -2.36. The Morgan fingerprint density at radius 2 is 2.04 bits per heavy atom. The van der Waals surface area contributed by atoms with E-state index in [0.717, 1.165) is 23.7 Å². The predicted octanol–water partition coefficient (Wildman–Crippen LogP) is 3.23. The standard InChI is InChI=1S/C35H52N4O9S2/c1-6-13-36-33-37-25-8-7-24(16-30(25)49-33)50(42,43)39(17-21(2)3)18-27(40)26(14-22-9-11-35(4,44-5)12-10-22)38-34(41)48-31-28-15-23-19-45-29(31)20-46-32(23)47-28/h7-11,16,21,23,25-32,40H,6,12-15,17-20H2,1-5H3,(H,36,37)(H,38,41)/t23?,25?,26-,27?,28?,29?,30?,31?,32?,35?/m0/s1. The van der Waals surface area contributed by atoms with Crippen molar-refractivity contribution >= 4 is 33.0 Å². The summed E-state index contributed by atoms with van der Waals surface area (Å²) in [5.41, 5.74) is 0.422. The average Bonchev–Trinajstić information content (AvgIpc) is 3.52. The quantitative estimate of drug-likeness (QED) is 0.241. The van der Waals surface area contributed by atoms with E-state index in [4.69, 9.17) is 28.7 Å². The highest BCUT2D eigenvalue weighted by atomic mass is 32.2. The SMILES string of the molecule is CCCNC1=NC2C=CC(S(=O)(=O)N(CC(C)C)CC(O)[C@H](CC3=CCC(C)(OC)C=C3)NC(=O)OC3C4COC5OC3CC5CO4)=CC2S1. The van der Waals surface area contributed by atoms with Gasteiger partial charge in [-0.05, 0) is 56.3 Å². The van der Waals surface area contributed by atoms with Gasteiger partial charge in [0.25, 0.3) is 0 Å². The van der Waals surface area contributed by atoms with Crippen molar-refractivity contribution < 1.29 is 42.0 Å². The summed E-state index contributed by atoms with van der Waals surface area (Å²) in [6, 6.07) is -1.02. The lowest BCUT2D eigenvalue weighted by Gasteiger charge is -2.33. The van der Waals surface area contributed by atoms with Crippen LogP contribution in [0.1, 0.15) is 53.4 Å². The third kappa shape index (κ3) is 8.52. The van der Waals surface area contributed by atoms with E-state index in [-0.39, 0.29) is 66.5 Å². The molecule has 0 aromatic rings. The van der Waals surface area contributed by atoms with E-state index in [1.165, 1.54) is 16.1 Å². The number of carbonyl (C=O) groups excluding carboxylic acids is 1. The fraction of sp³-hybridized carbons (Fsp3) is 0.714. The van der Waals surface area contributed by atoms with Crippen LogP contribution in [0.5, 0.6) is 0 Å². The number of ether oxygens (including phenoxy) is 5. The number of alkyl carbamates (subject to hydrolysis) is 1. The van der Waals surface area contributed by atoms with E-state index in [9.17, 15) is 18.3 Å². The summed E-state index contributed by atoms with van der Waals surface area (Å²) in [5, 5.41) is 18.7. The van der Waals surface area contributed by atoms with E-state index in [1.807, 2.05) is 45.1 Å². The van der Waals surface area contributed by atoms with E-state index in [1.54, 1.807) is 19.3 Å². The van der Waals surface area contributed by atoms with Gasteiger partial charge in [0, 0.05) is 32.7 Å². The van der Waals surface area contributed by atoms with Gasteiger partial charge in [0.2, 0.25) is 10.0 Å². The Labute approximate surface area is 300 Å². The lowest BCUT2D eigenvalue weighted by Crippen LogP contribution is -2.52. The molecule has 0 saturated carbocycles. The van der Waals surface area contributed by atoms with Gasteiger partial charge in [-0.25, -0.2) is 13.2 Å². The molecule has 278 valence electrons. The molecule has 4 fully saturated rings. The topological polar surface area (TPSA) is 157 Å². The molecule has 4 saturated heterocycles. The normalized spacial score (nSPS) is 34.2. The highest BCUT2D eigenvalue weighted by Gasteiger charge is 2.51. The zero-order chi connectivity index (χ0) is 35.6. The molecule has 7 rings (SSSR count). The third-order valence-electron chi connectivity index (χ3n) is 10.0. The molecule has 1 amide bonds. The molecule has 3 N–H and O–H groups in total. The number of thioether (sulfide) groups is 1. The number of nitrogens with one attached hydrogen (secondary N) is 2. The van der Waals surface area contributed by atoms with Crippen LogP contribution in [0, 0.1) is 11.8 Å². The number of amidine groups is 1. The molecule has 0 aromatic carbocycles. The maximum Gasteiger partial charge on any atom is 0.407 e. The van der Waals surface area contributed by atoms with Crippen LogP contribution in [0.3, 0.4) is 0 Å². The number of hydrogen-bond acceptors (Lipinski definition) is 12. The van der Waals surface area contributed by atoms with E-state index in [0.29, 0.717) is 19.4 Å². The first kappa shape index (κ1) is 37.5. The summed E-state index contributed by atoms with van der Waals surface area (Å²) in [6.07, 6.45) is 9.69. The van der Waals surface area contributed by atoms with Crippen molar-refractivity contribution in [2.24, 2.45) is 16.8 Å². The zero-order valence-electron chi connectivity index (χ0n) is 29.5. The molecule has 5 heterocycles. The molecule has 0 radical (unpaired) electrons. The van der Waals surface area contributed by atoms with Crippen molar-refractivity contribution in [1.29, 1.82) is 0 Å². The van der Waals surface area contributed by atoms with Gasteiger partial charge in [-0.15, -0.1) is 0 Å². The van der Waals surface area contributed by atoms with Crippen molar-refractivity contribution in [3.8, 4) is 0 Å². The number of rotatable bonds is 14. The molecular formula is C35H52N4O9S2. The lowest BCUT2D eigenvalue weighted by molar-refractivity contribution is -0.145. The Kier molecular flexibility index (Phi) is 11.8. The largest absolute Gasteiger partial charge is 0.441 e. The smallest absolute Gasteiger partial charge is 0.407 e. The Balaban J connectivity index is 1.19. The highest BCUT2D eigenvalue weighted by molar-refractivity contribution is 8.14. The van der Waals surface area contributed by atoms with Gasteiger partial charge in [-0.2, -0.15) is 4.31 Å². The summed E-state index contributed by atoms with van der Waals surface area (Å²) in [4.78, 5) is 18.4. The minimum absolute atomic E-state index is 0.0260. The Bertz CT molecular complexity index is 1500. The summed E-state index contributed by atoms with van der Waals surface area (Å²) < 4.78 is 59.2. The maximum atomic E-state index is 14.2. The molecule has 7 aliphatic rings. The van der Waals surface area contributed by atoms with Crippen LogP contribution in [0.15, 0.2) is 51.9 Å². The van der Waals surface area contributed by atoms with E-state index < -0.39 is 46.1 Å². The molecule has 15 heteroatoms. The second-order valence-electron chi connectivity index (χ2n) is 14.5. The Morgan fingerprint density at radius 1 is 1.22 bits per heavy atom. The summed E-state index contributed by atoms with van der Waals surface area (Å²) >= 11 is 1.52. The highest BCUT2D eigenvalue weighted by Crippen LogP contribution is 2.39. The number of aliphatic hydroxyl groups is 1. The van der Waals surface area contributed by atoms with Gasteiger partial charge < -0.3 is 39.4 Å². The van der Waals surface area contributed by atoms with Gasteiger partial charge in [0.1, 0.15) is 12.2 Å². The first-order valence-corrected chi connectivity index (χ1v) is 20.0. The van der Waals surface area contributed by atoms with Crippen molar-refractivity contribution in [3.05, 3.63) is 46.9 Å². The lowest BCUT2D eigenvalue weighted by atomic mass is 9.90. The van der Waals surface area contributed by atoms with Gasteiger partial charge in [-0.1, -0.05) is 56.8 Å². The van der Waals surface area contributed by atoms with Gasteiger partial charge >= 0.3 is 6.09 Å². The number of fused-ring (bicyclic) bond motifs is 3. The molecule has 9 unspecified atom stereocenters. The first-order valence-electron chi connectivity index (χ1n) is 17.7. The molecule has 0 spiro atoms. The number of allylic oxidation sites excluding steroid dienone is 2. The van der Waals surface area contributed by atoms with Crippen LogP contribution in [0.2, 0.25) is 0 Å². The molecule has 2 aliphatic carbocycles. The minimum Gasteiger partial charge on any atom is -0.441 e. The molecular weight excluding hydrogens is 685 g/mol. The zero-order valence-corrected chi connectivity index (χ0v) is 31.2. The van der Waals surface area contributed by atoms with Crippen molar-refractivity contribution in [2.75, 3.05) is 40.0 Å². The molecule has 4 bridgehead atoms. The number of sulfonamides is 1. The second-order valence-corrected chi connectivity index (χ2v) is 17.7. The van der Waals surface area contributed by atoms with Gasteiger partial charge in [0.05, 0.1) is 47.2 Å². The van der Waals surface area contributed by atoms with Crippen LogP contribution in [-0.2, 0) is 33.7 Å². The fourth-order valence-electron chi connectivity index (χ4n) is 7.04. The minimum atomic E-state index is -4.01. The van der Waals surface area contributed by atoms with Gasteiger partial charge in [-0.3, -0.25) is 4.99 Å².